The number of carbonyl (C=O) groups is 1. The number of anilines is 1. The minimum absolute atomic E-state index is 0.296. The van der Waals surface area contributed by atoms with E-state index in [1.165, 1.54) is 5.56 Å². The van der Waals surface area contributed by atoms with Crippen molar-refractivity contribution < 1.29 is 4.79 Å². The van der Waals surface area contributed by atoms with Gasteiger partial charge in [-0.25, -0.2) is 4.98 Å². The smallest absolute Gasteiger partial charge is 0.240 e. The van der Waals surface area contributed by atoms with E-state index >= 15 is 0 Å². The van der Waals surface area contributed by atoms with Gasteiger partial charge in [-0.15, -0.1) is 0 Å². The number of fused-ring (bicyclic) bond motifs is 1. The van der Waals surface area contributed by atoms with Crippen LogP contribution in [0.4, 0.5) is 5.82 Å². The zero-order chi connectivity index (χ0) is 14.3. The summed E-state index contributed by atoms with van der Waals surface area (Å²) in [6, 6.07) is 1.75. The monoisotopic (exact) mass is 290 g/mol. The van der Waals surface area contributed by atoms with Crippen LogP contribution in [-0.4, -0.2) is 28.5 Å². The van der Waals surface area contributed by atoms with Crippen molar-refractivity contribution in [2.24, 2.45) is 11.5 Å². The Bertz CT molecular complexity index is 587. The van der Waals surface area contributed by atoms with E-state index in [9.17, 15) is 4.79 Å². The van der Waals surface area contributed by atoms with E-state index in [0.29, 0.717) is 4.99 Å². The predicted octanol–water partition coefficient (Wildman–Crippen LogP) is 0.659. The lowest BCUT2D eigenvalue weighted by Crippen LogP contribution is -2.41. The number of pyridine rings is 1. The summed E-state index contributed by atoms with van der Waals surface area (Å²) in [6.07, 6.45) is 4.82. The molecule has 0 aromatic carbocycles. The molecule has 3 rings (SSSR count). The Hall–Kier alpha value is -1.69. The molecule has 6 heteroatoms. The number of thiocarbonyl (C=S) groups is 1. The lowest BCUT2D eigenvalue weighted by Gasteiger charge is -2.26. The highest BCUT2D eigenvalue weighted by molar-refractivity contribution is 7.80. The number of aromatic nitrogens is 1. The number of aryl methyl sites for hydroxylation is 2. The number of amides is 1. The third kappa shape index (κ3) is 2.14. The quantitative estimate of drug-likeness (QED) is 0.799. The Morgan fingerprint density at radius 3 is 2.85 bits per heavy atom. The third-order valence-corrected chi connectivity index (χ3v) is 4.37. The molecule has 0 radical (unpaired) electrons. The molecule has 1 fully saturated rings. The van der Waals surface area contributed by atoms with Gasteiger partial charge in [0.1, 0.15) is 16.8 Å². The minimum atomic E-state index is -0.307. The Kier molecular flexibility index (Phi) is 3.33. The van der Waals surface area contributed by atoms with Crippen molar-refractivity contribution in [2.45, 2.75) is 38.1 Å². The average molecular weight is 290 g/mol. The number of carbonyl (C=O) groups excluding carboxylic acids is 1. The molecule has 0 spiro atoms. The standard InChI is InChI=1S/C14H18N4OS/c15-12(19)11-5-2-6-18(11)14-9(13(16)20)7-8-3-1-4-10(8)17-14/h7,11H,1-6H2,(H2,15,19)(H2,16,20). The highest BCUT2D eigenvalue weighted by Gasteiger charge is 2.32. The molecule has 1 atom stereocenters. The third-order valence-electron chi connectivity index (χ3n) is 4.15. The highest BCUT2D eigenvalue weighted by atomic mass is 32.1. The SMILES string of the molecule is NC(=O)C1CCCN1c1nc2c(cc1C(N)=S)CCC2. The van der Waals surface area contributed by atoms with Gasteiger partial charge in [0.05, 0.1) is 5.56 Å². The zero-order valence-electron chi connectivity index (χ0n) is 11.3. The van der Waals surface area contributed by atoms with Crippen molar-refractivity contribution in [3.05, 3.63) is 22.9 Å². The van der Waals surface area contributed by atoms with Crippen LogP contribution in [0.25, 0.3) is 0 Å². The number of primary amides is 1. The molecular formula is C14H18N4OS. The number of hydrogen-bond acceptors (Lipinski definition) is 4. The van der Waals surface area contributed by atoms with Crippen molar-refractivity contribution >= 4 is 28.9 Å². The largest absolute Gasteiger partial charge is 0.389 e. The van der Waals surface area contributed by atoms with Crippen molar-refractivity contribution in [2.75, 3.05) is 11.4 Å². The summed E-state index contributed by atoms with van der Waals surface area (Å²) in [4.78, 5) is 18.6. The summed E-state index contributed by atoms with van der Waals surface area (Å²) in [5.41, 5.74) is 14.4. The van der Waals surface area contributed by atoms with E-state index in [1.807, 2.05) is 11.0 Å². The van der Waals surface area contributed by atoms with Gasteiger partial charge in [-0.05, 0) is 43.7 Å². The summed E-state index contributed by atoms with van der Waals surface area (Å²) in [7, 11) is 0. The van der Waals surface area contributed by atoms with Gasteiger partial charge in [0, 0.05) is 12.2 Å². The molecule has 5 nitrogen and oxygen atoms in total. The maximum atomic E-state index is 11.6. The number of rotatable bonds is 3. The maximum Gasteiger partial charge on any atom is 0.240 e. The van der Waals surface area contributed by atoms with E-state index in [0.717, 1.165) is 55.7 Å². The lowest BCUT2D eigenvalue weighted by molar-refractivity contribution is -0.119. The molecule has 1 unspecified atom stereocenters. The van der Waals surface area contributed by atoms with Crippen LogP contribution >= 0.6 is 12.2 Å². The first kappa shape index (κ1) is 13.3. The van der Waals surface area contributed by atoms with Gasteiger partial charge in [0.25, 0.3) is 0 Å². The molecule has 0 saturated carbocycles. The first-order chi connectivity index (χ1) is 9.58. The van der Waals surface area contributed by atoms with Crippen LogP contribution in [0.1, 0.15) is 36.1 Å². The van der Waals surface area contributed by atoms with Gasteiger partial charge in [-0.3, -0.25) is 4.79 Å². The molecule has 106 valence electrons. The van der Waals surface area contributed by atoms with E-state index in [1.54, 1.807) is 0 Å². The van der Waals surface area contributed by atoms with Gasteiger partial charge in [-0.2, -0.15) is 0 Å². The Morgan fingerprint density at radius 1 is 1.35 bits per heavy atom. The molecule has 1 aliphatic carbocycles. The van der Waals surface area contributed by atoms with Crippen LogP contribution in [-0.2, 0) is 17.6 Å². The van der Waals surface area contributed by atoms with Crippen molar-refractivity contribution in [3.8, 4) is 0 Å². The molecular weight excluding hydrogens is 272 g/mol. The fourth-order valence-electron chi connectivity index (χ4n) is 3.18. The summed E-state index contributed by atoms with van der Waals surface area (Å²) < 4.78 is 0. The minimum Gasteiger partial charge on any atom is -0.389 e. The second kappa shape index (κ2) is 5.01. The van der Waals surface area contributed by atoms with Crippen molar-refractivity contribution in [1.29, 1.82) is 0 Å². The van der Waals surface area contributed by atoms with Gasteiger partial charge < -0.3 is 16.4 Å². The Morgan fingerprint density at radius 2 is 2.15 bits per heavy atom. The predicted molar refractivity (Wildman–Crippen MR) is 81.7 cm³/mol. The second-order valence-electron chi connectivity index (χ2n) is 5.44. The fraction of sp³-hybridized carbons (Fsp3) is 0.500. The number of nitrogens with two attached hydrogens (primary N) is 2. The summed E-state index contributed by atoms with van der Waals surface area (Å²) >= 11 is 5.16. The Balaban J connectivity index is 2.08. The molecule has 1 aromatic rings. The van der Waals surface area contributed by atoms with Crippen LogP contribution in [0.3, 0.4) is 0 Å². The van der Waals surface area contributed by atoms with Crippen molar-refractivity contribution in [3.63, 3.8) is 0 Å². The molecule has 4 N–H and O–H groups in total. The average Bonchev–Trinajstić information content (AvgIpc) is 3.05. The molecule has 2 heterocycles. The van der Waals surface area contributed by atoms with Gasteiger partial charge >= 0.3 is 0 Å². The molecule has 1 aliphatic heterocycles. The van der Waals surface area contributed by atoms with Crippen LogP contribution < -0.4 is 16.4 Å². The second-order valence-corrected chi connectivity index (χ2v) is 5.88. The highest BCUT2D eigenvalue weighted by Crippen LogP contribution is 2.31. The normalized spacial score (nSPS) is 21.0. The number of hydrogen-bond donors (Lipinski definition) is 2. The number of nitrogens with zero attached hydrogens (tertiary/aromatic N) is 2. The van der Waals surface area contributed by atoms with E-state index in [-0.39, 0.29) is 11.9 Å². The van der Waals surface area contributed by atoms with E-state index < -0.39 is 0 Å². The first-order valence-corrected chi connectivity index (χ1v) is 7.37. The van der Waals surface area contributed by atoms with Crippen LogP contribution in [0.15, 0.2) is 6.07 Å². The summed E-state index contributed by atoms with van der Waals surface area (Å²) in [5.74, 6) is 0.429. The van der Waals surface area contributed by atoms with Crippen LogP contribution in [0.5, 0.6) is 0 Å². The topological polar surface area (TPSA) is 85.2 Å². The molecule has 20 heavy (non-hydrogen) atoms. The molecule has 0 bridgehead atoms. The maximum absolute atomic E-state index is 11.6. The van der Waals surface area contributed by atoms with E-state index in [2.05, 4.69) is 0 Å². The molecule has 2 aliphatic rings. The van der Waals surface area contributed by atoms with Gasteiger partial charge in [0.2, 0.25) is 5.91 Å². The summed E-state index contributed by atoms with van der Waals surface area (Å²) in [6.45, 7) is 0.773. The van der Waals surface area contributed by atoms with Gasteiger partial charge in [0.15, 0.2) is 0 Å². The summed E-state index contributed by atoms with van der Waals surface area (Å²) in [5, 5.41) is 0. The van der Waals surface area contributed by atoms with Crippen molar-refractivity contribution in [1.82, 2.24) is 4.98 Å². The molecule has 1 aromatic heterocycles. The van der Waals surface area contributed by atoms with Crippen LogP contribution in [0, 0.1) is 0 Å². The lowest BCUT2D eigenvalue weighted by atomic mass is 10.1. The fourth-order valence-corrected chi connectivity index (χ4v) is 3.33. The molecule has 1 saturated heterocycles. The zero-order valence-corrected chi connectivity index (χ0v) is 12.1. The van der Waals surface area contributed by atoms with E-state index in [4.69, 9.17) is 28.7 Å². The first-order valence-electron chi connectivity index (χ1n) is 6.96. The Labute approximate surface area is 123 Å². The molecule has 1 amide bonds. The van der Waals surface area contributed by atoms with Crippen LogP contribution in [0.2, 0.25) is 0 Å². The van der Waals surface area contributed by atoms with Gasteiger partial charge in [-0.1, -0.05) is 12.2 Å².